The molecule has 1 heterocycles. The highest BCUT2D eigenvalue weighted by atomic mass is 16.3. The average molecular weight is 128 g/mol. The van der Waals surface area contributed by atoms with E-state index in [9.17, 15) is 5.11 Å². The molecular formula is C7H14NO. The molecule has 1 saturated heterocycles. The lowest BCUT2D eigenvalue weighted by molar-refractivity contribution is 0.117. The van der Waals surface area contributed by atoms with Crippen LogP contribution >= 0.6 is 0 Å². The zero-order chi connectivity index (χ0) is 6.85. The Labute approximate surface area is 56.3 Å². The molecule has 2 nitrogen and oxygen atoms in total. The van der Waals surface area contributed by atoms with E-state index in [1.165, 1.54) is 0 Å². The van der Waals surface area contributed by atoms with Crippen molar-refractivity contribution >= 4 is 0 Å². The van der Waals surface area contributed by atoms with Crippen LogP contribution in [0.4, 0.5) is 0 Å². The number of aliphatic hydroxyl groups excluding tert-OH is 1. The molecule has 0 aliphatic carbocycles. The number of piperidine rings is 1. The minimum absolute atomic E-state index is 0.207. The molecule has 3 atom stereocenters. The van der Waals surface area contributed by atoms with E-state index in [0.29, 0.717) is 12.0 Å². The van der Waals surface area contributed by atoms with Gasteiger partial charge in [0.1, 0.15) is 0 Å². The number of rotatable bonds is 0. The minimum Gasteiger partial charge on any atom is -0.392 e. The quantitative estimate of drug-likeness (QED) is 0.488. The van der Waals surface area contributed by atoms with E-state index in [0.717, 1.165) is 6.54 Å². The molecule has 9 heavy (non-hydrogen) atoms. The van der Waals surface area contributed by atoms with E-state index < -0.39 is 0 Å². The summed E-state index contributed by atoms with van der Waals surface area (Å²) in [5, 5.41) is 12.5. The summed E-state index contributed by atoms with van der Waals surface area (Å²) in [5.41, 5.74) is 0. The lowest BCUT2D eigenvalue weighted by atomic mass is 9.94. The summed E-state index contributed by atoms with van der Waals surface area (Å²) in [4.78, 5) is 0. The van der Waals surface area contributed by atoms with Crippen LogP contribution in [0.1, 0.15) is 13.8 Å². The largest absolute Gasteiger partial charge is 0.392 e. The van der Waals surface area contributed by atoms with Crippen LogP contribution in [0.2, 0.25) is 0 Å². The molecule has 0 aromatic carbocycles. The minimum atomic E-state index is -0.207. The van der Waals surface area contributed by atoms with Crippen molar-refractivity contribution in [2.75, 3.05) is 6.54 Å². The van der Waals surface area contributed by atoms with E-state index >= 15 is 0 Å². The zero-order valence-electron chi connectivity index (χ0n) is 5.96. The van der Waals surface area contributed by atoms with E-state index in [2.05, 4.69) is 12.2 Å². The van der Waals surface area contributed by atoms with Gasteiger partial charge in [0.2, 0.25) is 0 Å². The summed E-state index contributed by atoms with van der Waals surface area (Å²) in [6.07, 6.45) is 1.73. The van der Waals surface area contributed by atoms with Crippen LogP contribution in [0.5, 0.6) is 0 Å². The molecule has 53 valence electrons. The van der Waals surface area contributed by atoms with Gasteiger partial charge in [0.15, 0.2) is 0 Å². The molecule has 0 bridgehead atoms. The topological polar surface area (TPSA) is 32.3 Å². The Morgan fingerprint density at radius 2 is 2.22 bits per heavy atom. The van der Waals surface area contributed by atoms with Gasteiger partial charge >= 0.3 is 0 Å². The third kappa shape index (κ3) is 1.66. The second-order valence-electron chi connectivity index (χ2n) is 2.86. The molecule has 0 amide bonds. The Morgan fingerprint density at radius 3 is 2.67 bits per heavy atom. The average Bonchev–Trinajstić information content (AvgIpc) is 1.80. The maximum absolute atomic E-state index is 9.25. The summed E-state index contributed by atoms with van der Waals surface area (Å²) in [5.74, 6) is 0.376. The van der Waals surface area contributed by atoms with Crippen molar-refractivity contribution in [1.29, 1.82) is 0 Å². The molecular weight excluding hydrogens is 114 g/mol. The van der Waals surface area contributed by atoms with E-state index in [1.807, 2.05) is 13.3 Å². The Kier molecular flexibility index (Phi) is 2.09. The van der Waals surface area contributed by atoms with E-state index in [-0.39, 0.29) is 6.10 Å². The first-order valence-electron chi connectivity index (χ1n) is 3.46. The van der Waals surface area contributed by atoms with Crippen LogP contribution in [-0.4, -0.2) is 23.8 Å². The van der Waals surface area contributed by atoms with Gasteiger partial charge in [-0.25, -0.2) is 0 Å². The van der Waals surface area contributed by atoms with Gasteiger partial charge in [-0.1, -0.05) is 6.92 Å². The van der Waals surface area contributed by atoms with Crippen molar-refractivity contribution in [3.63, 3.8) is 0 Å². The maximum atomic E-state index is 9.25. The number of aliphatic hydroxyl groups is 1. The molecule has 0 spiro atoms. The maximum Gasteiger partial charge on any atom is 0.0624 e. The Bertz CT molecular complexity index is 94.9. The van der Waals surface area contributed by atoms with Crippen LogP contribution in [-0.2, 0) is 0 Å². The van der Waals surface area contributed by atoms with E-state index in [4.69, 9.17) is 0 Å². The summed E-state index contributed by atoms with van der Waals surface area (Å²) in [6.45, 7) is 5.02. The van der Waals surface area contributed by atoms with Crippen LogP contribution in [0.25, 0.3) is 0 Å². The van der Waals surface area contributed by atoms with E-state index in [1.54, 1.807) is 0 Å². The summed E-state index contributed by atoms with van der Waals surface area (Å²) in [6, 6.07) is 0.371. The predicted octanol–water partition coefficient (Wildman–Crippen LogP) is 0.179. The van der Waals surface area contributed by atoms with Crippen LogP contribution in [0.3, 0.4) is 0 Å². The smallest absolute Gasteiger partial charge is 0.0624 e. The molecule has 0 saturated carbocycles. The second-order valence-corrected chi connectivity index (χ2v) is 2.86. The first-order valence-corrected chi connectivity index (χ1v) is 3.46. The number of hydrogen-bond acceptors (Lipinski definition) is 2. The first-order chi connectivity index (χ1) is 4.20. The molecule has 1 aliphatic rings. The SMILES string of the molecule is CC1[CH]C(O)C(C)CN1. The highest BCUT2D eigenvalue weighted by Crippen LogP contribution is 2.12. The fourth-order valence-electron chi connectivity index (χ4n) is 1.05. The third-order valence-corrected chi connectivity index (χ3v) is 1.83. The molecule has 1 aliphatic heterocycles. The Balaban J connectivity index is 2.35. The van der Waals surface area contributed by atoms with Crippen molar-refractivity contribution < 1.29 is 5.11 Å². The van der Waals surface area contributed by atoms with Crippen LogP contribution < -0.4 is 5.32 Å². The molecule has 0 aromatic rings. The van der Waals surface area contributed by atoms with Gasteiger partial charge in [0, 0.05) is 19.0 Å². The van der Waals surface area contributed by atoms with Gasteiger partial charge in [0.05, 0.1) is 6.10 Å². The number of nitrogens with one attached hydrogen (secondary N) is 1. The van der Waals surface area contributed by atoms with Gasteiger partial charge in [-0.3, -0.25) is 0 Å². The highest BCUT2D eigenvalue weighted by molar-refractivity contribution is 4.93. The summed E-state index contributed by atoms with van der Waals surface area (Å²) >= 11 is 0. The highest BCUT2D eigenvalue weighted by Gasteiger charge is 2.22. The lowest BCUT2D eigenvalue weighted by Crippen LogP contribution is -2.44. The van der Waals surface area contributed by atoms with Crippen LogP contribution in [0, 0.1) is 12.3 Å². The van der Waals surface area contributed by atoms with Crippen LogP contribution in [0.15, 0.2) is 0 Å². The molecule has 1 rings (SSSR count). The lowest BCUT2D eigenvalue weighted by Gasteiger charge is -2.29. The van der Waals surface area contributed by atoms with Gasteiger partial charge < -0.3 is 10.4 Å². The molecule has 2 heteroatoms. The first kappa shape index (κ1) is 7.03. The van der Waals surface area contributed by atoms with Crippen molar-refractivity contribution in [2.24, 2.45) is 5.92 Å². The standard InChI is InChI=1S/C7H14NO/c1-5-4-8-6(2)3-7(5)9/h3,5-9H,4H2,1-2H3. The normalized spacial score (nSPS) is 45.0. The molecule has 3 unspecified atom stereocenters. The monoisotopic (exact) mass is 128 g/mol. The van der Waals surface area contributed by atoms with Gasteiger partial charge in [0.25, 0.3) is 0 Å². The summed E-state index contributed by atoms with van der Waals surface area (Å²) in [7, 11) is 0. The van der Waals surface area contributed by atoms with Crippen molar-refractivity contribution in [3.8, 4) is 0 Å². The molecule has 1 fully saturated rings. The van der Waals surface area contributed by atoms with Gasteiger partial charge in [-0.15, -0.1) is 0 Å². The zero-order valence-corrected chi connectivity index (χ0v) is 5.96. The molecule has 1 radical (unpaired) electrons. The molecule has 2 N–H and O–H groups in total. The Morgan fingerprint density at radius 1 is 1.56 bits per heavy atom. The Hall–Kier alpha value is -0.0800. The number of hydrogen-bond donors (Lipinski definition) is 2. The van der Waals surface area contributed by atoms with Gasteiger partial charge in [-0.2, -0.15) is 0 Å². The van der Waals surface area contributed by atoms with Crippen molar-refractivity contribution in [2.45, 2.75) is 26.0 Å². The van der Waals surface area contributed by atoms with Gasteiger partial charge in [-0.05, 0) is 12.8 Å². The van der Waals surface area contributed by atoms with Crippen molar-refractivity contribution in [1.82, 2.24) is 5.32 Å². The predicted molar refractivity (Wildman–Crippen MR) is 36.9 cm³/mol. The second kappa shape index (κ2) is 2.67. The third-order valence-electron chi connectivity index (χ3n) is 1.83. The fraction of sp³-hybridized carbons (Fsp3) is 0.857. The summed E-state index contributed by atoms with van der Waals surface area (Å²) < 4.78 is 0. The molecule has 0 aromatic heterocycles. The fourth-order valence-corrected chi connectivity index (χ4v) is 1.05. The van der Waals surface area contributed by atoms with Crippen molar-refractivity contribution in [3.05, 3.63) is 6.42 Å².